The van der Waals surface area contributed by atoms with E-state index in [0.717, 1.165) is 6.26 Å². The highest BCUT2D eigenvalue weighted by Crippen LogP contribution is 2.40. The molecule has 0 aromatic heterocycles. The fraction of sp³-hybridized carbons (Fsp3) is 0.278. The van der Waals surface area contributed by atoms with Gasteiger partial charge in [0.15, 0.2) is 21.3 Å². The minimum atomic E-state index is -3.12. The van der Waals surface area contributed by atoms with Crippen molar-refractivity contribution in [1.29, 1.82) is 0 Å². The van der Waals surface area contributed by atoms with Crippen LogP contribution in [0.1, 0.15) is 15.9 Å². The molecule has 0 atom stereocenters. The van der Waals surface area contributed by atoms with Crippen molar-refractivity contribution in [1.82, 2.24) is 0 Å². The van der Waals surface area contributed by atoms with Crippen molar-refractivity contribution < 1.29 is 27.4 Å². The quantitative estimate of drug-likeness (QED) is 0.795. The monoisotopic (exact) mass is 379 g/mol. The van der Waals surface area contributed by atoms with Gasteiger partial charge in [-0.15, -0.1) is 0 Å². The number of methoxy groups -OCH3 is 3. The summed E-state index contributed by atoms with van der Waals surface area (Å²) in [6.45, 7) is 0. The number of ether oxygens (including phenoxy) is 3. The van der Waals surface area contributed by atoms with Crippen molar-refractivity contribution in [2.45, 2.75) is 5.75 Å². The van der Waals surface area contributed by atoms with E-state index < -0.39 is 9.84 Å². The van der Waals surface area contributed by atoms with Crippen LogP contribution in [0.2, 0.25) is 0 Å². The first-order chi connectivity index (χ1) is 12.3. The van der Waals surface area contributed by atoms with Gasteiger partial charge < -0.3 is 19.5 Å². The molecule has 2 aromatic rings. The number of rotatable bonds is 7. The van der Waals surface area contributed by atoms with Crippen LogP contribution in [-0.4, -0.2) is 41.9 Å². The topological polar surface area (TPSA) is 90.9 Å². The molecule has 2 aromatic carbocycles. The largest absolute Gasteiger partial charge is 0.493 e. The SMILES string of the molecule is COc1cc(NC(=O)c2ccc(CS(C)(=O)=O)cc2)cc(OC)c1OC. The molecule has 0 unspecified atom stereocenters. The maximum atomic E-state index is 12.4. The van der Waals surface area contributed by atoms with E-state index in [1.807, 2.05) is 0 Å². The number of carbonyl (C=O) groups is 1. The fourth-order valence-electron chi connectivity index (χ4n) is 2.41. The van der Waals surface area contributed by atoms with E-state index in [1.165, 1.54) is 21.3 Å². The van der Waals surface area contributed by atoms with E-state index in [2.05, 4.69) is 5.32 Å². The summed E-state index contributed by atoms with van der Waals surface area (Å²) in [5, 5.41) is 2.75. The Labute approximate surface area is 152 Å². The number of benzene rings is 2. The maximum absolute atomic E-state index is 12.4. The molecule has 0 bridgehead atoms. The highest BCUT2D eigenvalue weighted by Gasteiger charge is 2.15. The Hall–Kier alpha value is -2.74. The van der Waals surface area contributed by atoms with Gasteiger partial charge in [-0.1, -0.05) is 12.1 Å². The van der Waals surface area contributed by atoms with E-state index in [4.69, 9.17) is 14.2 Å². The summed E-state index contributed by atoms with van der Waals surface area (Å²) in [4.78, 5) is 12.4. The van der Waals surface area contributed by atoms with Crippen LogP contribution in [0.25, 0.3) is 0 Å². The lowest BCUT2D eigenvalue weighted by atomic mass is 10.1. The molecule has 26 heavy (non-hydrogen) atoms. The number of hydrogen-bond acceptors (Lipinski definition) is 6. The zero-order chi connectivity index (χ0) is 19.3. The molecule has 0 heterocycles. The van der Waals surface area contributed by atoms with Crippen LogP contribution in [0.3, 0.4) is 0 Å². The molecule has 1 N–H and O–H groups in total. The molecule has 0 saturated carbocycles. The molecule has 0 radical (unpaired) electrons. The molecule has 0 saturated heterocycles. The Kier molecular flexibility index (Phi) is 6.10. The Morgan fingerprint density at radius 3 is 1.92 bits per heavy atom. The summed E-state index contributed by atoms with van der Waals surface area (Å²) in [6, 6.07) is 9.63. The van der Waals surface area contributed by atoms with Gasteiger partial charge in [-0.05, 0) is 17.7 Å². The molecule has 0 spiro atoms. The predicted octanol–water partition coefficient (Wildman–Crippen LogP) is 2.51. The number of nitrogens with one attached hydrogen (secondary N) is 1. The third kappa shape index (κ3) is 4.89. The van der Waals surface area contributed by atoms with Gasteiger partial charge in [-0.2, -0.15) is 0 Å². The first kappa shape index (κ1) is 19.6. The predicted molar refractivity (Wildman–Crippen MR) is 99.0 cm³/mol. The van der Waals surface area contributed by atoms with Gasteiger partial charge in [0, 0.05) is 29.6 Å². The average molecular weight is 379 g/mol. The summed E-state index contributed by atoms with van der Waals surface area (Å²) in [5.74, 6) is 0.863. The summed E-state index contributed by atoms with van der Waals surface area (Å²) in [7, 11) is 1.35. The normalized spacial score (nSPS) is 10.9. The number of hydrogen-bond donors (Lipinski definition) is 1. The molecule has 0 fully saturated rings. The van der Waals surface area contributed by atoms with Gasteiger partial charge in [-0.3, -0.25) is 4.79 Å². The number of sulfone groups is 1. The van der Waals surface area contributed by atoms with Crippen LogP contribution in [0, 0.1) is 0 Å². The summed E-state index contributed by atoms with van der Waals surface area (Å²) < 4.78 is 38.4. The van der Waals surface area contributed by atoms with Gasteiger partial charge in [0.05, 0.1) is 27.1 Å². The summed E-state index contributed by atoms with van der Waals surface area (Å²) >= 11 is 0. The number of amides is 1. The lowest BCUT2D eigenvalue weighted by Gasteiger charge is -2.14. The smallest absolute Gasteiger partial charge is 0.255 e. The average Bonchev–Trinajstić information content (AvgIpc) is 2.59. The second kappa shape index (κ2) is 8.09. The van der Waals surface area contributed by atoms with Crippen molar-refractivity contribution in [3.8, 4) is 17.2 Å². The van der Waals surface area contributed by atoms with Crippen LogP contribution in [0.4, 0.5) is 5.69 Å². The van der Waals surface area contributed by atoms with Gasteiger partial charge in [-0.25, -0.2) is 8.42 Å². The van der Waals surface area contributed by atoms with Crippen LogP contribution in [0.15, 0.2) is 36.4 Å². The number of anilines is 1. The van der Waals surface area contributed by atoms with Crippen molar-refractivity contribution in [3.63, 3.8) is 0 Å². The van der Waals surface area contributed by atoms with Crippen molar-refractivity contribution in [2.24, 2.45) is 0 Å². The van der Waals surface area contributed by atoms with Crippen LogP contribution in [0.5, 0.6) is 17.2 Å². The third-order valence-corrected chi connectivity index (χ3v) is 4.43. The summed E-state index contributed by atoms with van der Waals surface area (Å²) in [5.41, 5.74) is 1.50. The van der Waals surface area contributed by atoms with Gasteiger partial charge in [0.25, 0.3) is 5.91 Å². The highest BCUT2D eigenvalue weighted by molar-refractivity contribution is 7.89. The molecule has 8 heteroatoms. The Balaban J connectivity index is 2.21. The van der Waals surface area contributed by atoms with Gasteiger partial charge in [0.1, 0.15) is 0 Å². The zero-order valence-electron chi connectivity index (χ0n) is 15.0. The van der Waals surface area contributed by atoms with Crippen LogP contribution in [-0.2, 0) is 15.6 Å². The maximum Gasteiger partial charge on any atom is 0.255 e. The van der Waals surface area contributed by atoms with Crippen LogP contribution < -0.4 is 19.5 Å². The number of carbonyl (C=O) groups excluding carboxylic acids is 1. The first-order valence-electron chi connectivity index (χ1n) is 7.65. The Morgan fingerprint density at radius 1 is 0.962 bits per heavy atom. The third-order valence-electron chi connectivity index (χ3n) is 3.57. The van der Waals surface area contributed by atoms with Gasteiger partial charge in [0.2, 0.25) is 5.75 Å². The molecule has 0 aliphatic carbocycles. The molecule has 0 aliphatic heterocycles. The van der Waals surface area contributed by atoms with Crippen molar-refractivity contribution in [2.75, 3.05) is 32.9 Å². The molecular formula is C18H21NO6S. The molecule has 2 rings (SSSR count). The molecule has 0 aliphatic rings. The molecule has 1 amide bonds. The minimum absolute atomic E-state index is 0.0677. The van der Waals surface area contributed by atoms with E-state index in [0.29, 0.717) is 34.1 Å². The Bertz CT molecular complexity index is 865. The lowest BCUT2D eigenvalue weighted by molar-refractivity contribution is 0.102. The highest BCUT2D eigenvalue weighted by atomic mass is 32.2. The van der Waals surface area contributed by atoms with Crippen molar-refractivity contribution in [3.05, 3.63) is 47.5 Å². The second-order valence-electron chi connectivity index (χ2n) is 5.64. The zero-order valence-corrected chi connectivity index (χ0v) is 15.8. The standard InChI is InChI=1S/C18H21NO6S/c1-23-15-9-14(10-16(24-2)17(15)25-3)19-18(20)13-7-5-12(6-8-13)11-26(4,21)22/h5-10H,11H2,1-4H3,(H,19,20). The first-order valence-corrected chi connectivity index (χ1v) is 9.71. The summed E-state index contributed by atoms with van der Waals surface area (Å²) in [6.07, 6.45) is 1.16. The van der Waals surface area contributed by atoms with E-state index in [1.54, 1.807) is 36.4 Å². The second-order valence-corrected chi connectivity index (χ2v) is 7.78. The molecule has 140 valence electrons. The van der Waals surface area contributed by atoms with E-state index in [9.17, 15) is 13.2 Å². The lowest BCUT2D eigenvalue weighted by Crippen LogP contribution is -2.12. The van der Waals surface area contributed by atoms with E-state index >= 15 is 0 Å². The minimum Gasteiger partial charge on any atom is -0.493 e. The van der Waals surface area contributed by atoms with Crippen LogP contribution >= 0.6 is 0 Å². The Morgan fingerprint density at radius 2 is 1.50 bits per heavy atom. The molecule has 7 nitrogen and oxygen atoms in total. The van der Waals surface area contributed by atoms with Crippen molar-refractivity contribution >= 4 is 21.4 Å². The molecular weight excluding hydrogens is 358 g/mol. The van der Waals surface area contributed by atoms with Gasteiger partial charge >= 0.3 is 0 Å². The van der Waals surface area contributed by atoms with E-state index in [-0.39, 0.29) is 11.7 Å². The fourth-order valence-corrected chi connectivity index (χ4v) is 3.21.